The molecule has 0 radical (unpaired) electrons. The van der Waals surface area contributed by atoms with Gasteiger partial charge in [-0.3, -0.25) is 4.79 Å². The first kappa shape index (κ1) is 18.4. The van der Waals surface area contributed by atoms with Crippen molar-refractivity contribution in [1.82, 2.24) is 10.2 Å². The zero-order valence-electron chi connectivity index (χ0n) is 15.2. The zero-order chi connectivity index (χ0) is 18.5. The molecule has 0 spiro atoms. The van der Waals surface area contributed by atoms with Crippen molar-refractivity contribution in [3.8, 4) is 5.75 Å². The smallest absolute Gasteiger partial charge is 0.224 e. The Balaban J connectivity index is 1.66. The summed E-state index contributed by atoms with van der Waals surface area (Å²) in [6.07, 6.45) is -0.129. The molecule has 0 saturated heterocycles. The number of nitrogens with zero attached hydrogens (tertiary/aromatic N) is 1. The third-order valence-corrected chi connectivity index (χ3v) is 4.81. The van der Waals surface area contributed by atoms with E-state index in [1.165, 1.54) is 0 Å². The minimum Gasteiger partial charge on any atom is -0.488 e. The van der Waals surface area contributed by atoms with E-state index in [4.69, 9.17) is 4.74 Å². The van der Waals surface area contributed by atoms with Crippen LogP contribution in [0.25, 0.3) is 0 Å². The van der Waals surface area contributed by atoms with E-state index in [1.54, 1.807) is 0 Å². The van der Waals surface area contributed by atoms with Gasteiger partial charge in [-0.05, 0) is 31.8 Å². The van der Waals surface area contributed by atoms with Gasteiger partial charge < -0.3 is 20.1 Å². The number of rotatable bonds is 6. The van der Waals surface area contributed by atoms with Gasteiger partial charge in [-0.1, -0.05) is 48.5 Å². The minimum absolute atomic E-state index is 0.0411. The van der Waals surface area contributed by atoms with Crippen LogP contribution in [0.5, 0.6) is 5.75 Å². The molecule has 138 valence electrons. The highest BCUT2D eigenvalue weighted by atomic mass is 16.5. The molecule has 1 aliphatic carbocycles. The van der Waals surface area contributed by atoms with Gasteiger partial charge in [-0.25, -0.2) is 0 Å². The fourth-order valence-electron chi connectivity index (χ4n) is 3.63. The Hall–Kier alpha value is -2.37. The van der Waals surface area contributed by atoms with Crippen LogP contribution < -0.4 is 10.1 Å². The van der Waals surface area contributed by atoms with E-state index in [9.17, 15) is 9.90 Å². The number of likely N-dealkylation sites (N-methyl/N-ethyl adjacent to an activating group) is 1. The molecule has 5 heteroatoms. The molecule has 2 N–H and O–H groups in total. The second-order valence-electron chi connectivity index (χ2n) is 6.99. The van der Waals surface area contributed by atoms with Gasteiger partial charge in [0.05, 0.1) is 18.5 Å². The quantitative estimate of drug-likeness (QED) is 0.831. The van der Waals surface area contributed by atoms with Crippen LogP contribution in [0.2, 0.25) is 0 Å². The van der Waals surface area contributed by atoms with Gasteiger partial charge >= 0.3 is 0 Å². The van der Waals surface area contributed by atoms with Crippen LogP contribution in [0.3, 0.4) is 0 Å². The van der Waals surface area contributed by atoms with Crippen LogP contribution in [0, 0.1) is 0 Å². The largest absolute Gasteiger partial charge is 0.488 e. The monoisotopic (exact) mass is 354 g/mol. The average molecular weight is 354 g/mol. The number of para-hydroxylation sites is 1. The highest BCUT2D eigenvalue weighted by molar-refractivity contribution is 5.79. The number of nitrogens with one attached hydrogen (secondary N) is 1. The molecule has 5 nitrogen and oxygen atoms in total. The van der Waals surface area contributed by atoms with E-state index < -0.39 is 6.10 Å². The second kappa shape index (κ2) is 8.34. The van der Waals surface area contributed by atoms with Gasteiger partial charge in [0.2, 0.25) is 5.91 Å². The summed E-state index contributed by atoms with van der Waals surface area (Å²) in [7, 11) is 3.82. The molecule has 3 rings (SSSR count). The lowest BCUT2D eigenvalue weighted by molar-refractivity contribution is -0.121. The highest BCUT2D eigenvalue weighted by Crippen LogP contribution is 2.28. The maximum Gasteiger partial charge on any atom is 0.224 e. The molecule has 0 heterocycles. The van der Waals surface area contributed by atoms with Gasteiger partial charge in [0.25, 0.3) is 0 Å². The fourth-order valence-corrected chi connectivity index (χ4v) is 3.63. The predicted molar refractivity (Wildman–Crippen MR) is 101 cm³/mol. The van der Waals surface area contributed by atoms with E-state index in [0.29, 0.717) is 12.8 Å². The Labute approximate surface area is 154 Å². The third-order valence-electron chi connectivity index (χ3n) is 4.81. The lowest BCUT2D eigenvalue weighted by Gasteiger charge is -2.29. The fraction of sp³-hybridized carbons (Fsp3) is 0.381. The van der Waals surface area contributed by atoms with Crippen LogP contribution in [0.1, 0.15) is 12.0 Å². The van der Waals surface area contributed by atoms with Gasteiger partial charge in [0.1, 0.15) is 18.0 Å². The van der Waals surface area contributed by atoms with Crippen molar-refractivity contribution < 1.29 is 14.6 Å². The summed E-state index contributed by atoms with van der Waals surface area (Å²) < 4.78 is 5.97. The van der Waals surface area contributed by atoms with Crippen molar-refractivity contribution in [2.75, 3.05) is 14.1 Å². The Morgan fingerprint density at radius 2 is 1.73 bits per heavy atom. The zero-order valence-corrected chi connectivity index (χ0v) is 15.2. The normalized spacial score (nSPS) is 25.2. The summed E-state index contributed by atoms with van der Waals surface area (Å²) in [5.41, 5.74) is 0.974. The van der Waals surface area contributed by atoms with Crippen molar-refractivity contribution in [2.45, 2.75) is 37.1 Å². The summed E-state index contributed by atoms with van der Waals surface area (Å²) in [5.74, 6) is 0.686. The minimum atomic E-state index is -0.674. The van der Waals surface area contributed by atoms with E-state index in [2.05, 4.69) is 5.32 Å². The lowest BCUT2D eigenvalue weighted by atomic mass is 10.1. The summed E-state index contributed by atoms with van der Waals surface area (Å²) in [5, 5.41) is 13.8. The molecule has 1 amide bonds. The maximum atomic E-state index is 12.5. The van der Waals surface area contributed by atoms with Gasteiger partial charge in [-0.2, -0.15) is 0 Å². The van der Waals surface area contributed by atoms with Crippen molar-refractivity contribution >= 4 is 5.91 Å². The number of amides is 1. The Morgan fingerprint density at radius 3 is 2.35 bits per heavy atom. The summed E-state index contributed by atoms with van der Waals surface area (Å²) in [6, 6.07) is 18.8. The van der Waals surface area contributed by atoms with Gasteiger partial charge in [0, 0.05) is 6.42 Å². The third kappa shape index (κ3) is 4.42. The molecule has 1 saturated carbocycles. The SMILES string of the molecule is CN(C)[C@@H]1[C@@H](O)[C@H](Oc2ccccc2)C[C@H]1NC(=O)Cc1ccccc1. The molecule has 0 aliphatic heterocycles. The van der Waals surface area contributed by atoms with Crippen LogP contribution in [0.15, 0.2) is 60.7 Å². The molecule has 0 aromatic heterocycles. The van der Waals surface area contributed by atoms with Crippen LogP contribution >= 0.6 is 0 Å². The summed E-state index contributed by atoms with van der Waals surface area (Å²) >= 11 is 0. The molecule has 1 aliphatic rings. The number of benzene rings is 2. The number of carbonyl (C=O) groups is 1. The van der Waals surface area contributed by atoms with Gasteiger partial charge in [-0.15, -0.1) is 0 Å². The van der Waals surface area contributed by atoms with Gasteiger partial charge in [0.15, 0.2) is 0 Å². The van der Waals surface area contributed by atoms with Crippen molar-refractivity contribution in [1.29, 1.82) is 0 Å². The number of ether oxygens (including phenoxy) is 1. The first-order valence-electron chi connectivity index (χ1n) is 8.94. The molecule has 0 bridgehead atoms. The molecular weight excluding hydrogens is 328 g/mol. The molecule has 1 fully saturated rings. The Kier molecular flexibility index (Phi) is 5.91. The molecule has 0 unspecified atom stereocenters. The number of carbonyl (C=O) groups excluding carboxylic acids is 1. The molecule has 26 heavy (non-hydrogen) atoms. The average Bonchev–Trinajstić information content (AvgIpc) is 2.91. The number of aliphatic hydroxyl groups is 1. The summed E-state index contributed by atoms with van der Waals surface area (Å²) in [6.45, 7) is 0. The van der Waals surface area contributed by atoms with Crippen LogP contribution in [-0.4, -0.2) is 54.3 Å². The predicted octanol–water partition coefficient (Wildman–Crippen LogP) is 1.86. The Morgan fingerprint density at radius 1 is 1.12 bits per heavy atom. The van der Waals surface area contributed by atoms with E-state index in [-0.39, 0.29) is 24.1 Å². The molecular formula is C21H26N2O3. The number of aliphatic hydroxyl groups excluding tert-OH is 1. The molecule has 2 aromatic rings. The van der Waals surface area contributed by atoms with E-state index >= 15 is 0 Å². The van der Waals surface area contributed by atoms with E-state index in [1.807, 2.05) is 79.7 Å². The van der Waals surface area contributed by atoms with E-state index in [0.717, 1.165) is 11.3 Å². The molecule has 2 aromatic carbocycles. The second-order valence-corrected chi connectivity index (χ2v) is 6.99. The first-order valence-corrected chi connectivity index (χ1v) is 8.94. The number of hydrogen-bond donors (Lipinski definition) is 2. The topological polar surface area (TPSA) is 61.8 Å². The summed E-state index contributed by atoms with van der Waals surface area (Å²) in [4.78, 5) is 14.4. The highest BCUT2D eigenvalue weighted by Gasteiger charge is 2.45. The van der Waals surface area contributed by atoms with Crippen molar-refractivity contribution in [3.05, 3.63) is 66.2 Å². The first-order chi connectivity index (χ1) is 12.5. The maximum absolute atomic E-state index is 12.5. The van der Waals surface area contributed by atoms with Crippen LogP contribution in [-0.2, 0) is 11.2 Å². The standard InChI is InChI=1S/C21H26N2O3/c1-23(2)20-17(22-19(24)13-15-9-5-3-6-10-15)14-18(21(20)25)26-16-11-7-4-8-12-16/h3-12,17-18,20-21,25H,13-14H2,1-2H3,(H,22,24)/t17-,18-,20+,21+/m1/s1. The Bertz CT molecular complexity index is 706. The van der Waals surface area contributed by atoms with Crippen LogP contribution in [0.4, 0.5) is 0 Å². The van der Waals surface area contributed by atoms with Crippen molar-refractivity contribution in [3.63, 3.8) is 0 Å². The lowest BCUT2D eigenvalue weighted by Crippen LogP contribution is -2.51. The molecule has 4 atom stereocenters. The van der Waals surface area contributed by atoms with Crippen molar-refractivity contribution in [2.24, 2.45) is 0 Å². The number of hydrogen-bond acceptors (Lipinski definition) is 4.